The van der Waals surface area contributed by atoms with E-state index in [1.807, 2.05) is 0 Å². The number of halogens is 5. The second kappa shape index (κ2) is 7.01. The van der Waals surface area contributed by atoms with E-state index in [1.165, 1.54) is 31.3 Å². The van der Waals surface area contributed by atoms with Crippen LogP contribution in [-0.4, -0.2) is 44.0 Å². The quantitative estimate of drug-likeness (QED) is 0.572. The number of hydrogen-bond donors (Lipinski definition) is 1. The van der Waals surface area contributed by atoms with Crippen LogP contribution in [0.3, 0.4) is 0 Å². The molecule has 0 saturated carbocycles. The highest BCUT2D eigenvalue weighted by Gasteiger charge is 2.67. The third kappa shape index (κ3) is 3.45. The molecular formula is C17H13F5N2O4S2. The van der Waals surface area contributed by atoms with E-state index in [0.29, 0.717) is 12.1 Å². The van der Waals surface area contributed by atoms with Crippen LogP contribution in [0.5, 0.6) is 0 Å². The summed E-state index contributed by atoms with van der Waals surface area (Å²) < 4.78 is 113. The number of nitrogens with one attached hydrogen (secondary N) is 1. The molecule has 0 unspecified atom stereocenters. The van der Waals surface area contributed by atoms with Gasteiger partial charge >= 0.3 is 11.4 Å². The van der Waals surface area contributed by atoms with Crippen molar-refractivity contribution in [3.05, 3.63) is 42.6 Å². The zero-order valence-electron chi connectivity index (χ0n) is 15.0. The largest absolute Gasteiger partial charge is 0.469 e. The van der Waals surface area contributed by atoms with E-state index < -0.39 is 36.0 Å². The topological polar surface area (TPSA) is 97.0 Å². The smallest absolute Gasteiger partial charge is 0.353 e. The summed E-state index contributed by atoms with van der Waals surface area (Å²) in [7, 11) is -9.75. The molecule has 13 heteroatoms. The molecule has 3 aromatic rings. The van der Waals surface area contributed by atoms with E-state index in [1.54, 1.807) is 0 Å². The van der Waals surface area contributed by atoms with Crippen molar-refractivity contribution in [3.63, 3.8) is 0 Å². The maximum Gasteiger partial charge on any atom is 0.469 e. The first-order chi connectivity index (χ1) is 13.7. The first-order valence-corrected chi connectivity index (χ1v) is 11.4. The second-order valence-corrected chi connectivity index (χ2v) is 10.4. The maximum atomic E-state index is 13.5. The van der Waals surface area contributed by atoms with E-state index in [-0.39, 0.29) is 32.9 Å². The van der Waals surface area contributed by atoms with Crippen molar-refractivity contribution in [2.24, 2.45) is 0 Å². The van der Waals surface area contributed by atoms with Crippen LogP contribution >= 0.6 is 0 Å². The molecule has 0 spiro atoms. The molecule has 1 aromatic carbocycles. The minimum Gasteiger partial charge on any atom is -0.353 e. The fraction of sp³-hybridized carbons (Fsp3) is 0.235. The molecule has 0 aliphatic heterocycles. The average molecular weight is 468 g/mol. The molecule has 162 valence electrons. The zero-order chi connectivity index (χ0) is 22.5. The van der Waals surface area contributed by atoms with E-state index >= 15 is 0 Å². The van der Waals surface area contributed by atoms with Crippen LogP contribution in [0.25, 0.3) is 22.3 Å². The van der Waals surface area contributed by atoms with Gasteiger partial charge in [-0.3, -0.25) is 4.98 Å². The molecule has 0 amide bonds. The number of rotatable bonds is 5. The number of hydrogen-bond acceptors (Lipinski definition) is 5. The zero-order valence-corrected chi connectivity index (χ0v) is 16.7. The summed E-state index contributed by atoms with van der Waals surface area (Å²) in [5.41, 5.74) is 0.306. The van der Waals surface area contributed by atoms with Gasteiger partial charge in [0.2, 0.25) is 0 Å². The van der Waals surface area contributed by atoms with Crippen molar-refractivity contribution in [2.75, 3.05) is 5.75 Å². The molecule has 1 N–H and O–H groups in total. The van der Waals surface area contributed by atoms with Gasteiger partial charge in [-0.25, -0.2) is 16.8 Å². The Balaban J connectivity index is 2.17. The van der Waals surface area contributed by atoms with Crippen LogP contribution in [0.2, 0.25) is 0 Å². The van der Waals surface area contributed by atoms with Crippen LogP contribution in [0, 0.1) is 0 Å². The summed E-state index contributed by atoms with van der Waals surface area (Å²) in [5, 5.41) is -5.99. The fourth-order valence-electron chi connectivity index (χ4n) is 2.71. The van der Waals surface area contributed by atoms with E-state index in [2.05, 4.69) is 9.97 Å². The van der Waals surface area contributed by atoms with Crippen LogP contribution in [0.15, 0.2) is 52.4 Å². The monoisotopic (exact) mass is 468 g/mol. The molecule has 0 aliphatic carbocycles. The fourth-order valence-corrected chi connectivity index (χ4v) is 4.89. The lowest BCUT2D eigenvalue weighted by Crippen LogP contribution is -2.43. The van der Waals surface area contributed by atoms with E-state index in [9.17, 15) is 38.8 Å². The SMILES string of the molecule is CCS(=O)(=O)c1cccnc1-c1cc2cc(S(=O)(=O)C(F)(F)C(F)(F)F)ccc2[nH]1. The summed E-state index contributed by atoms with van der Waals surface area (Å²) in [4.78, 5) is 5.42. The Morgan fingerprint density at radius 3 is 2.27 bits per heavy atom. The van der Waals surface area contributed by atoms with E-state index in [4.69, 9.17) is 0 Å². The third-order valence-electron chi connectivity index (χ3n) is 4.31. The molecule has 0 bridgehead atoms. The molecule has 2 aromatic heterocycles. The lowest BCUT2D eigenvalue weighted by atomic mass is 10.2. The van der Waals surface area contributed by atoms with Crippen molar-refractivity contribution in [3.8, 4) is 11.4 Å². The standard InChI is InChI=1S/C17H13F5N2O4S2/c1-2-29(25,26)14-4-3-7-23-15(14)13-9-10-8-11(5-6-12(10)24-13)30(27,28)17(21,22)16(18,19)20/h3-9,24H,2H2,1H3. The van der Waals surface area contributed by atoms with Gasteiger partial charge in [-0.15, -0.1) is 0 Å². The molecule has 0 aliphatic rings. The molecule has 30 heavy (non-hydrogen) atoms. The van der Waals surface area contributed by atoms with Crippen molar-refractivity contribution >= 4 is 30.6 Å². The van der Waals surface area contributed by atoms with Gasteiger partial charge in [0.1, 0.15) is 5.69 Å². The minimum atomic E-state index is -6.29. The Hall–Kier alpha value is -2.54. The van der Waals surface area contributed by atoms with Gasteiger partial charge in [-0.2, -0.15) is 22.0 Å². The lowest BCUT2D eigenvalue weighted by molar-refractivity contribution is -0.241. The van der Waals surface area contributed by atoms with E-state index in [0.717, 1.165) is 6.07 Å². The van der Waals surface area contributed by atoms with Gasteiger partial charge in [-0.1, -0.05) is 6.92 Å². The number of H-pyrrole nitrogens is 1. The number of alkyl halides is 5. The Morgan fingerprint density at radius 1 is 1.00 bits per heavy atom. The summed E-state index contributed by atoms with van der Waals surface area (Å²) in [6, 6.07) is 6.21. The predicted molar refractivity (Wildman–Crippen MR) is 97.4 cm³/mol. The predicted octanol–water partition coefficient (Wildman–Crippen LogP) is 3.95. The van der Waals surface area contributed by atoms with Crippen molar-refractivity contribution in [2.45, 2.75) is 28.1 Å². The van der Waals surface area contributed by atoms with Crippen molar-refractivity contribution in [1.29, 1.82) is 0 Å². The lowest BCUT2D eigenvalue weighted by Gasteiger charge is -2.19. The van der Waals surface area contributed by atoms with Gasteiger partial charge in [0.05, 0.1) is 21.2 Å². The van der Waals surface area contributed by atoms with Gasteiger partial charge in [0.25, 0.3) is 9.84 Å². The Kier molecular flexibility index (Phi) is 5.18. The molecule has 0 saturated heterocycles. The maximum absolute atomic E-state index is 13.5. The van der Waals surface area contributed by atoms with Crippen molar-refractivity contribution < 1.29 is 38.8 Å². The number of aromatic amines is 1. The Labute approximate surface area is 167 Å². The highest BCUT2D eigenvalue weighted by atomic mass is 32.2. The van der Waals surface area contributed by atoms with Crippen LogP contribution in [0.4, 0.5) is 22.0 Å². The second-order valence-electron chi connectivity index (χ2n) is 6.20. The number of nitrogens with zero attached hydrogens (tertiary/aromatic N) is 1. The first-order valence-electron chi connectivity index (χ1n) is 8.22. The van der Waals surface area contributed by atoms with Gasteiger partial charge in [0, 0.05) is 17.1 Å². The molecule has 2 heterocycles. The number of pyridine rings is 1. The summed E-state index contributed by atoms with van der Waals surface area (Å²) in [6.45, 7) is 1.43. The number of fused-ring (bicyclic) bond motifs is 1. The highest BCUT2D eigenvalue weighted by molar-refractivity contribution is 7.92. The summed E-state index contributed by atoms with van der Waals surface area (Å²) in [6.07, 6.45) is -4.98. The molecule has 3 rings (SSSR count). The van der Waals surface area contributed by atoms with Crippen molar-refractivity contribution in [1.82, 2.24) is 9.97 Å². The number of sulfone groups is 2. The molecule has 0 radical (unpaired) electrons. The summed E-state index contributed by atoms with van der Waals surface area (Å²) in [5.74, 6) is -0.221. The Bertz CT molecular complexity index is 1330. The van der Waals surface area contributed by atoms with Crippen LogP contribution in [0.1, 0.15) is 6.92 Å². The molecule has 0 atom stereocenters. The molecule has 6 nitrogen and oxygen atoms in total. The third-order valence-corrected chi connectivity index (χ3v) is 7.85. The average Bonchev–Trinajstić information content (AvgIpc) is 3.10. The van der Waals surface area contributed by atoms with Gasteiger partial charge in [-0.05, 0) is 36.4 Å². The highest BCUT2D eigenvalue weighted by Crippen LogP contribution is 2.43. The normalized spacial score (nSPS) is 13.7. The minimum absolute atomic E-state index is 0.000536. The first kappa shape index (κ1) is 22.2. The number of aromatic nitrogens is 2. The van der Waals surface area contributed by atoms with Crippen LogP contribution in [-0.2, 0) is 19.7 Å². The van der Waals surface area contributed by atoms with Gasteiger partial charge in [0.15, 0.2) is 9.84 Å². The Morgan fingerprint density at radius 2 is 1.67 bits per heavy atom. The van der Waals surface area contributed by atoms with Gasteiger partial charge < -0.3 is 4.98 Å². The number of benzene rings is 1. The van der Waals surface area contributed by atoms with Crippen LogP contribution < -0.4 is 0 Å². The molecule has 0 fully saturated rings. The summed E-state index contributed by atoms with van der Waals surface area (Å²) >= 11 is 0. The molecular weight excluding hydrogens is 455 g/mol.